The summed E-state index contributed by atoms with van der Waals surface area (Å²) in [5.74, 6) is -0.500. The number of carbonyl (C=O) groups excluding carboxylic acids is 2. The number of hydrogen-bond acceptors (Lipinski definition) is 4. The molecule has 3 N–H and O–H groups in total. The number of amides is 2. The first-order valence-corrected chi connectivity index (χ1v) is 9.03. The third-order valence-corrected chi connectivity index (χ3v) is 4.52. The Morgan fingerprint density at radius 2 is 2.08 bits per heavy atom. The highest BCUT2D eigenvalue weighted by Gasteiger charge is 2.34. The lowest BCUT2D eigenvalue weighted by Gasteiger charge is -2.30. The van der Waals surface area contributed by atoms with Crippen molar-refractivity contribution < 1.29 is 14.3 Å². The summed E-state index contributed by atoms with van der Waals surface area (Å²) in [6, 6.07) is 8.54. The van der Waals surface area contributed by atoms with Gasteiger partial charge in [-0.3, -0.25) is 9.59 Å². The lowest BCUT2D eigenvalue weighted by molar-refractivity contribution is -0.137. The Morgan fingerprint density at radius 3 is 2.69 bits per heavy atom. The standard InChI is InChI=1S/C20H29N3O3/c1-14(2)18(22-19(24)15(3)21)20(25)23-11-7-10-17(23)13-26-12-16-8-5-4-6-9-16/h4-6,8-9,15,17-18H,1,7,10-13,21H2,2-3H3,(H,22,24)/t15-,17-,18-/m0/s1. The van der Waals surface area contributed by atoms with Gasteiger partial charge in [0.05, 0.1) is 25.3 Å². The Morgan fingerprint density at radius 1 is 1.38 bits per heavy atom. The van der Waals surface area contributed by atoms with Gasteiger partial charge in [-0.15, -0.1) is 0 Å². The monoisotopic (exact) mass is 359 g/mol. The zero-order valence-corrected chi connectivity index (χ0v) is 15.6. The van der Waals surface area contributed by atoms with E-state index in [-0.39, 0.29) is 17.9 Å². The summed E-state index contributed by atoms with van der Waals surface area (Å²) >= 11 is 0. The number of carbonyl (C=O) groups is 2. The number of nitrogens with two attached hydrogens (primary N) is 1. The van der Waals surface area contributed by atoms with E-state index in [9.17, 15) is 9.59 Å². The van der Waals surface area contributed by atoms with Gasteiger partial charge in [-0.25, -0.2) is 0 Å². The van der Waals surface area contributed by atoms with Crippen molar-refractivity contribution in [3.8, 4) is 0 Å². The molecule has 6 nitrogen and oxygen atoms in total. The molecule has 0 saturated carbocycles. The molecule has 6 heteroatoms. The zero-order valence-electron chi connectivity index (χ0n) is 15.6. The van der Waals surface area contributed by atoms with E-state index in [1.807, 2.05) is 30.3 Å². The molecule has 1 aliphatic rings. The van der Waals surface area contributed by atoms with Crippen molar-refractivity contribution in [3.63, 3.8) is 0 Å². The van der Waals surface area contributed by atoms with E-state index in [0.29, 0.717) is 25.3 Å². The Hall–Kier alpha value is -2.18. The first kappa shape index (κ1) is 20.1. The van der Waals surface area contributed by atoms with Gasteiger partial charge >= 0.3 is 0 Å². The van der Waals surface area contributed by atoms with Crippen LogP contribution in [0.15, 0.2) is 42.5 Å². The average molecular weight is 359 g/mol. The van der Waals surface area contributed by atoms with Gasteiger partial charge in [-0.2, -0.15) is 0 Å². The van der Waals surface area contributed by atoms with Crippen LogP contribution in [0.4, 0.5) is 0 Å². The molecule has 1 fully saturated rings. The normalized spacial score (nSPS) is 19.0. The number of rotatable bonds is 8. The largest absolute Gasteiger partial charge is 0.375 e. The van der Waals surface area contributed by atoms with Gasteiger partial charge in [0.2, 0.25) is 11.8 Å². The number of likely N-dealkylation sites (tertiary alicyclic amines) is 1. The second-order valence-corrected chi connectivity index (χ2v) is 6.91. The highest BCUT2D eigenvalue weighted by atomic mass is 16.5. The molecule has 0 bridgehead atoms. The van der Waals surface area contributed by atoms with E-state index in [1.54, 1.807) is 18.7 Å². The lowest BCUT2D eigenvalue weighted by Crippen LogP contribution is -2.53. The number of hydrogen-bond donors (Lipinski definition) is 2. The average Bonchev–Trinajstić information content (AvgIpc) is 3.08. The molecule has 142 valence electrons. The minimum Gasteiger partial charge on any atom is -0.375 e. The van der Waals surface area contributed by atoms with Crippen LogP contribution in [0.3, 0.4) is 0 Å². The van der Waals surface area contributed by atoms with E-state index in [0.717, 1.165) is 18.4 Å². The van der Waals surface area contributed by atoms with Crippen molar-refractivity contribution >= 4 is 11.8 Å². The Bertz CT molecular complexity index is 630. The minimum absolute atomic E-state index is 0.0141. The molecule has 0 radical (unpaired) electrons. The van der Waals surface area contributed by atoms with Crippen molar-refractivity contribution in [1.82, 2.24) is 10.2 Å². The summed E-state index contributed by atoms with van der Waals surface area (Å²) in [5.41, 5.74) is 7.30. The number of benzene rings is 1. The van der Waals surface area contributed by atoms with Crippen LogP contribution < -0.4 is 11.1 Å². The molecule has 1 heterocycles. The first-order valence-electron chi connectivity index (χ1n) is 9.03. The summed E-state index contributed by atoms with van der Waals surface area (Å²) in [5, 5.41) is 2.70. The highest BCUT2D eigenvalue weighted by Crippen LogP contribution is 2.20. The summed E-state index contributed by atoms with van der Waals surface area (Å²) in [4.78, 5) is 26.7. The number of ether oxygens (including phenoxy) is 1. The molecule has 1 saturated heterocycles. The SMILES string of the molecule is C=C(C)[C@H](NC(=O)[C@H](C)N)C(=O)N1CCC[C@H]1COCc1ccccc1. The van der Waals surface area contributed by atoms with Crippen LogP contribution in [0.2, 0.25) is 0 Å². The van der Waals surface area contributed by atoms with Crippen LogP contribution in [0.5, 0.6) is 0 Å². The molecule has 1 aromatic carbocycles. The molecule has 0 spiro atoms. The molecule has 3 atom stereocenters. The van der Waals surface area contributed by atoms with Crippen molar-refractivity contribution in [3.05, 3.63) is 48.0 Å². The van der Waals surface area contributed by atoms with Crippen molar-refractivity contribution in [1.29, 1.82) is 0 Å². The van der Waals surface area contributed by atoms with Crippen LogP contribution in [-0.2, 0) is 20.9 Å². The second-order valence-electron chi connectivity index (χ2n) is 6.91. The smallest absolute Gasteiger partial charge is 0.249 e. The van der Waals surface area contributed by atoms with Crippen molar-refractivity contribution in [2.75, 3.05) is 13.2 Å². The predicted octanol–water partition coefficient (Wildman–Crippen LogP) is 1.60. The van der Waals surface area contributed by atoms with Gasteiger partial charge in [-0.05, 0) is 37.8 Å². The molecule has 2 amide bonds. The molecule has 2 rings (SSSR count). The third kappa shape index (κ3) is 5.41. The summed E-state index contributed by atoms with van der Waals surface area (Å²) < 4.78 is 5.82. The van der Waals surface area contributed by atoms with Gasteiger partial charge in [0, 0.05) is 6.54 Å². The van der Waals surface area contributed by atoms with Gasteiger partial charge < -0.3 is 20.7 Å². The van der Waals surface area contributed by atoms with E-state index in [4.69, 9.17) is 10.5 Å². The zero-order chi connectivity index (χ0) is 19.1. The fourth-order valence-corrected chi connectivity index (χ4v) is 3.02. The topological polar surface area (TPSA) is 84.7 Å². The summed E-state index contributed by atoms with van der Waals surface area (Å²) in [6.45, 7) is 8.84. The lowest BCUT2D eigenvalue weighted by atomic mass is 10.1. The van der Waals surface area contributed by atoms with Crippen LogP contribution in [0.1, 0.15) is 32.3 Å². The maximum absolute atomic E-state index is 12.9. The van der Waals surface area contributed by atoms with Crippen LogP contribution in [0, 0.1) is 0 Å². The molecule has 1 aromatic rings. The quantitative estimate of drug-likeness (QED) is 0.691. The van der Waals surface area contributed by atoms with Crippen molar-refractivity contribution in [2.24, 2.45) is 5.73 Å². The molecule has 1 aliphatic heterocycles. The van der Waals surface area contributed by atoms with Crippen LogP contribution in [0.25, 0.3) is 0 Å². The molecule has 26 heavy (non-hydrogen) atoms. The van der Waals surface area contributed by atoms with Gasteiger partial charge in [-0.1, -0.05) is 36.9 Å². The molecular weight excluding hydrogens is 330 g/mol. The fourth-order valence-electron chi connectivity index (χ4n) is 3.02. The molecule has 0 aliphatic carbocycles. The third-order valence-electron chi connectivity index (χ3n) is 4.52. The Labute approximate surface area is 155 Å². The summed E-state index contributed by atoms with van der Waals surface area (Å²) in [7, 11) is 0. The minimum atomic E-state index is -0.747. The van der Waals surface area contributed by atoms with Gasteiger partial charge in [0.25, 0.3) is 0 Å². The Balaban J connectivity index is 1.94. The number of nitrogens with zero attached hydrogens (tertiary/aromatic N) is 1. The molecule has 0 aromatic heterocycles. The predicted molar refractivity (Wildman–Crippen MR) is 101 cm³/mol. The molecular formula is C20H29N3O3. The first-order chi connectivity index (χ1) is 12.4. The van der Waals surface area contributed by atoms with E-state index < -0.39 is 12.1 Å². The van der Waals surface area contributed by atoms with E-state index in [1.165, 1.54) is 0 Å². The molecule has 0 unspecified atom stereocenters. The Kier molecular flexibility index (Phi) is 7.36. The summed E-state index contributed by atoms with van der Waals surface area (Å²) in [6.07, 6.45) is 1.82. The second kappa shape index (κ2) is 9.50. The van der Waals surface area contributed by atoms with Gasteiger partial charge in [0.15, 0.2) is 0 Å². The number of nitrogens with one attached hydrogen (secondary N) is 1. The fraction of sp³-hybridized carbons (Fsp3) is 0.500. The van der Waals surface area contributed by atoms with Gasteiger partial charge in [0.1, 0.15) is 6.04 Å². The highest BCUT2D eigenvalue weighted by molar-refractivity contribution is 5.91. The maximum Gasteiger partial charge on any atom is 0.249 e. The van der Waals surface area contributed by atoms with Crippen LogP contribution >= 0.6 is 0 Å². The van der Waals surface area contributed by atoms with E-state index in [2.05, 4.69) is 11.9 Å². The van der Waals surface area contributed by atoms with Crippen molar-refractivity contribution in [2.45, 2.75) is 51.4 Å². The van der Waals surface area contributed by atoms with E-state index >= 15 is 0 Å². The van der Waals surface area contributed by atoms with Crippen LogP contribution in [-0.4, -0.2) is 48.0 Å². The maximum atomic E-state index is 12.9.